The number of ether oxygens (including phenoxy) is 2. The fraction of sp³-hybridized carbons (Fsp3) is 0.467. The molecule has 1 N–H and O–H groups in total. The molecule has 2 aromatic rings. The Balaban J connectivity index is 1.66. The number of carbonyl (C=O) groups is 1. The highest BCUT2D eigenvalue weighted by molar-refractivity contribution is 5.79. The second-order valence-corrected chi connectivity index (χ2v) is 5.19. The summed E-state index contributed by atoms with van der Waals surface area (Å²) in [5.74, 6) is 0.963. The summed E-state index contributed by atoms with van der Waals surface area (Å²) in [5, 5.41) is 8.82. The molecule has 112 valence electrons. The van der Waals surface area contributed by atoms with E-state index in [1.165, 1.54) is 0 Å². The molecule has 0 unspecified atom stereocenters. The highest BCUT2D eigenvalue weighted by atomic mass is 16.6. The highest BCUT2D eigenvalue weighted by Crippen LogP contribution is 2.20. The Kier molecular flexibility index (Phi) is 4.06. The van der Waals surface area contributed by atoms with E-state index >= 15 is 0 Å². The van der Waals surface area contributed by atoms with Crippen molar-refractivity contribution in [2.24, 2.45) is 5.92 Å². The van der Waals surface area contributed by atoms with Gasteiger partial charge in [0.2, 0.25) is 0 Å². The third kappa shape index (κ3) is 3.33. The first-order valence-corrected chi connectivity index (χ1v) is 7.21. The third-order valence-electron chi connectivity index (χ3n) is 3.50. The molecule has 1 aromatic carbocycles. The second kappa shape index (κ2) is 6.13. The molecular formula is C15H19N3O3. The maximum atomic E-state index is 11.3. The van der Waals surface area contributed by atoms with Gasteiger partial charge in [-0.3, -0.25) is 4.68 Å². The minimum absolute atomic E-state index is 0.0682. The fourth-order valence-electron chi connectivity index (χ4n) is 2.33. The van der Waals surface area contributed by atoms with Gasteiger partial charge in [0.25, 0.3) is 0 Å². The van der Waals surface area contributed by atoms with Crippen LogP contribution in [-0.4, -0.2) is 42.1 Å². The predicted octanol–water partition coefficient (Wildman–Crippen LogP) is 1.20. The van der Waals surface area contributed by atoms with Gasteiger partial charge in [-0.25, -0.2) is 4.79 Å². The van der Waals surface area contributed by atoms with Crippen LogP contribution in [0.25, 0.3) is 10.9 Å². The van der Waals surface area contributed by atoms with Gasteiger partial charge in [-0.2, -0.15) is 5.10 Å². The van der Waals surface area contributed by atoms with Crippen LogP contribution < -0.4 is 10.1 Å². The van der Waals surface area contributed by atoms with Crippen LogP contribution in [0.4, 0.5) is 0 Å². The summed E-state index contributed by atoms with van der Waals surface area (Å²) >= 11 is 0. The molecule has 0 atom stereocenters. The van der Waals surface area contributed by atoms with Crippen molar-refractivity contribution in [2.45, 2.75) is 13.5 Å². The number of hydrogen-bond acceptors (Lipinski definition) is 5. The average molecular weight is 289 g/mol. The van der Waals surface area contributed by atoms with Crippen molar-refractivity contribution in [2.75, 3.05) is 26.3 Å². The van der Waals surface area contributed by atoms with Crippen molar-refractivity contribution >= 4 is 16.9 Å². The number of benzene rings is 1. The van der Waals surface area contributed by atoms with Crippen molar-refractivity contribution in [3.63, 3.8) is 0 Å². The molecule has 1 fully saturated rings. The number of carbonyl (C=O) groups excluding carboxylic acids is 1. The number of esters is 1. The van der Waals surface area contributed by atoms with E-state index < -0.39 is 0 Å². The molecule has 1 aliphatic rings. The first-order valence-electron chi connectivity index (χ1n) is 7.21. The number of rotatable bonds is 6. The lowest BCUT2D eigenvalue weighted by Crippen LogP contribution is -2.44. The molecule has 1 aliphatic heterocycles. The molecule has 3 rings (SSSR count). The van der Waals surface area contributed by atoms with Crippen LogP contribution in [-0.2, 0) is 16.1 Å². The molecule has 2 heterocycles. The van der Waals surface area contributed by atoms with Gasteiger partial charge in [0.15, 0.2) is 6.61 Å². The Bertz CT molecular complexity index is 634. The normalized spacial score (nSPS) is 14.9. The first-order chi connectivity index (χ1) is 10.2. The number of hydrogen-bond donors (Lipinski definition) is 1. The predicted molar refractivity (Wildman–Crippen MR) is 78.2 cm³/mol. The zero-order valence-corrected chi connectivity index (χ0v) is 12.0. The molecule has 0 bridgehead atoms. The molecule has 21 heavy (non-hydrogen) atoms. The first kappa shape index (κ1) is 13.9. The van der Waals surface area contributed by atoms with Gasteiger partial charge in [-0.15, -0.1) is 0 Å². The van der Waals surface area contributed by atoms with Gasteiger partial charge in [0.05, 0.1) is 12.1 Å². The van der Waals surface area contributed by atoms with Crippen LogP contribution >= 0.6 is 0 Å². The summed E-state index contributed by atoms with van der Waals surface area (Å²) in [7, 11) is 0. The Morgan fingerprint density at radius 3 is 3.05 bits per heavy atom. The summed E-state index contributed by atoms with van der Waals surface area (Å²) in [6.07, 6.45) is 2.02. The molecular weight excluding hydrogens is 270 g/mol. The van der Waals surface area contributed by atoms with Crippen LogP contribution in [0.2, 0.25) is 0 Å². The molecule has 0 spiro atoms. The van der Waals surface area contributed by atoms with E-state index in [1.807, 2.05) is 29.1 Å². The number of nitrogens with zero attached hydrogens (tertiary/aromatic N) is 2. The minimum atomic E-state index is -0.356. The van der Waals surface area contributed by atoms with E-state index in [4.69, 9.17) is 9.47 Å². The van der Waals surface area contributed by atoms with E-state index in [-0.39, 0.29) is 12.6 Å². The molecule has 0 radical (unpaired) electrons. The van der Waals surface area contributed by atoms with E-state index in [0.717, 1.165) is 30.5 Å². The summed E-state index contributed by atoms with van der Waals surface area (Å²) in [6, 6.07) is 5.63. The highest BCUT2D eigenvalue weighted by Gasteiger charge is 2.17. The second-order valence-electron chi connectivity index (χ2n) is 5.19. The van der Waals surface area contributed by atoms with Crippen LogP contribution in [0.1, 0.15) is 6.92 Å². The van der Waals surface area contributed by atoms with Crippen molar-refractivity contribution < 1.29 is 14.3 Å². The van der Waals surface area contributed by atoms with E-state index in [1.54, 1.807) is 6.92 Å². The third-order valence-corrected chi connectivity index (χ3v) is 3.50. The van der Waals surface area contributed by atoms with Crippen molar-refractivity contribution in [1.82, 2.24) is 15.1 Å². The quantitative estimate of drug-likeness (QED) is 0.809. The zero-order valence-electron chi connectivity index (χ0n) is 12.0. The van der Waals surface area contributed by atoms with E-state index in [2.05, 4.69) is 10.4 Å². The van der Waals surface area contributed by atoms with Gasteiger partial charge in [0, 0.05) is 37.1 Å². The molecule has 6 heteroatoms. The van der Waals surface area contributed by atoms with Crippen LogP contribution in [0.5, 0.6) is 5.75 Å². The SMILES string of the molecule is CCOC(=O)COc1ccc2nn(CC3CNC3)cc2c1. The minimum Gasteiger partial charge on any atom is -0.482 e. The number of fused-ring (bicyclic) bond motifs is 1. The lowest BCUT2D eigenvalue weighted by molar-refractivity contribution is -0.145. The maximum Gasteiger partial charge on any atom is 0.344 e. The van der Waals surface area contributed by atoms with Crippen LogP contribution in [0.15, 0.2) is 24.4 Å². The Hall–Kier alpha value is -2.08. The summed E-state index contributed by atoms with van der Waals surface area (Å²) in [6.45, 7) is 5.12. The summed E-state index contributed by atoms with van der Waals surface area (Å²) in [4.78, 5) is 11.3. The van der Waals surface area contributed by atoms with E-state index in [9.17, 15) is 4.79 Å². The van der Waals surface area contributed by atoms with Crippen LogP contribution in [0.3, 0.4) is 0 Å². The Morgan fingerprint density at radius 2 is 2.33 bits per heavy atom. The Morgan fingerprint density at radius 1 is 1.48 bits per heavy atom. The van der Waals surface area contributed by atoms with Crippen molar-refractivity contribution in [1.29, 1.82) is 0 Å². The lowest BCUT2D eigenvalue weighted by atomic mass is 10.0. The standard InChI is InChI=1S/C15H19N3O3/c1-2-20-15(19)10-21-13-3-4-14-12(5-13)9-18(17-14)8-11-6-16-7-11/h3-5,9,11,16H,2,6-8,10H2,1H3. The topological polar surface area (TPSA) is 65.4 Å². The summed E-state index contributed by atoms with van der Waals surface area (Å²) in [5.41, 5.74) is 0.936. The van der Waals surface area contributed by atoms with Gasteiger partial charge in [0.1, 0.15) is 5.75 Å². The zero-order chi connectivity index (χ0) is 14.7. The molecule has 6 nitrogen and oxygen atoms in total. The molecule has 1 saturated heterocycles. The molecule has 0 saturated carbocycles. The van der Waals surface area contributed by atoms with Crippen molar-refractivity contribution in [3.8, 4) is 5.75 Å². The number of aromatic nitrogens is 2. The largest absolute Gasteiger partial charge is 0.482 e. The fourth-order valence-corrected chi connectivity index (χ4v) is 2.33. The van der Waals surface area contributed by atoms with Gasteiger partial charge >= 0.3 is 5.97 Å². The molecule has 0 aliphatic carbocycles. The van der Waals surface area contributed by atoms with Gasteiger partial charge < -0.3 is 14.8 Å². The molecule has 0 amide bonds. The molecule has 1 aromatic heterocycles. The Labute approximate surface area is 123 Å². The monoisotopic (exact) mass is 289 g/mol. The summed E-state index contributed by atoms with van der Waals surface area (Å²) < 4.78 is 12.2. The lowest BCUT2D eigenvalue weighted by Gasteiger charge is -2.26. The van der Waals surface area contributed by atoms with E-state index in [0.29, 0.717) is 18.3 Å². The maximum absolute atomic E-state index is 11.3. The van der Waals surface area contributed by atoms with Crippen LogP contribution in [0, 0.1) is 5.92 Å². The van der Waals surface area contributed by atoms with Crippen molar-refractivity contribution in [3.05, 3.63) is 24.4 Å². The van der Waals surface area contributed by atoms with Gasteiger partial charge in [-0.1, -0.05) is 0 Å². The van der Waals surface area contributed by atoms with Gasteiger partial charge in [-0.05, 0) is 25.1 Å². The number of nitrogens with one attached hydrogen (secondary N) is 1. The average Bonchev–Trinajstić information content (AvgIpc) is 2.83. The smallest absolute Gasteiger partial charge is 0.344 e.